The van der Waals surface area contributed by atoms with E-state index in [1.165, 1.54) is 14.8 Å². The van der Waals surface area contributed by atoms with E-state index < -0.39 is 0 Å². The summed E-state index contributed by atoms with van der Waals surface area (Å²) in [5, 5.41) is 2.76. The van der Waals surface area contributed by atoms with E-state index in [4.69, 9.17) is 11.6 Å². The summed E-state index contributed by atoms with van der Waals surface area (Å²) >= 11 is 8.04. The number of imidazole rings is 1. The average molecular weight is 409 g/mol. The fourth-order valence-electron chi connectivity index (χ4n) is 3.39. The third-order valence-corrected chi connectivity index (χ3v) is 6.42. The Hall–Kier alpha value is -2.43. The summed E-state index contributed by atoms with van der Waals surface area (Å²) in [6, 6.07) is 14.2. The number of halogens is 1. The molecule has 0 fully saturated rings. The molecule has 0 N–H and O–H groups in total. The molecular weight excluding hydrogens is 388 g/mol. The first-order valence-electron chi connectivity index (χ1n) is 9.43. The van der Waals surface area contributed by atoms with E-state index in [1.807, 2.05) is 41.9 Å². The molecule has 142 valence electrons. The van der Waals surface area contributed by atoms with E-state index in [0.717, 1.165) is 36.2 Å². The average Bonchev–Trinajstić information content (AvgIpc) is 3.21. The van der Waals surface area contributed by atoms with Crippen LogP contribution in [0, 0.1) is 0 Å². The van der Waals surface area contributed by atoms with E-state index in [2.05, 4.69) is 24.0 Å². The van der Waals surface area contributed by atoms with Gasteiger partial charge in [0.2, 0.25) is 0 Å². The van der Waals surface area contributed by atoms with Gasteiger partial charge in [0.15, 0.2) is 10.9 Å². The SMILES string of the molecule is CCCCc1nc(Cl)c(C=CC(=O)c2ccc3sc4ccccc4c3c2)n1C. The summed E-state index contributed by atoms with van der Waals surface area (Å²) in [5.74, 6) is 0.912. The Morgan fingerprint density at radius 1 is 1.18 bits per heavy atom. The smallest absolute Gasteiger partial charge is 0.185 e. The normalized spacial score (nSPS) is 11.8. The number of fused-ring (bicyclic) bond motifs is 3. The van der Waals surface area contributed by atoms with Crippen molar-refractivity contribution >= 4 is 55.0 Å². The zero-order valence-electron chi connectivity index (χ0n) is 15.9. The highest BCUT2D eigenvalue weighted by Gasteiger charge is 2.12. The molecule has 0 aliphatic heterocycles. The van der Waals surface area contributed by atoms with Gasteiger partial charge >= 0.3 is 0 Å². The van der Waals surface area contributed by atoms with Gasteiger partial charge in [-0.1, -0.05) is 43.1 Å². The molecule has 2 heterocycles. The predicted molar refractivity (Wildman–Crippen MR) is 120 cm³/mol. The number of rotatable bonds is 6. The number of hydrogen-bond acceptors (Lipinski definition) is 3. The van der Waals surface area contributed by atoms with Gasteiger partial charge in [0.05, 0.1) is 5.69 Å². The highest BCUT2D eigenvalue weighted by molar-refractivity contribution is 7.25. The number of carbonyl (C=O) groups excluding carboxylic acids is 1. The molecule has 0 bridgehead atoms. The van der Waals surface area contributed by atoms with Crippen LogP contribution in [0.3, 0.4) is 0 Å². The third kappa shape index (κ3) is 3.50. The zero-order chi connectivity index (χ0) is 19.7. The van der Waals surface area contributed by atoms with Crippen molar-refractivity contribution in [3.63, 3.8) is 0 Å². The van der Waals surface area contributed by atoms with Crippen LogP contribution in [0.1, 0.15) is 41.6 Å². The Labute approximate surface area is 173 Å². The van der Waals surface area contributed by atoms with Gasteiger partial charge in [-0.15, -0.1) is 11.3 Å². The molecule has 28 heavy (non-hydrogen) atoms. The van der Waals surface area contributed by atoms with Crippen molar-refractivity contribution in [3.8, 4) is 0 Å². The summed E-state index contributed by atoms with van der Waals surface area (Å²) in [7, 11) is 1.94. The zero-order valence-corrected chi connectivity index (χ0v) is 17.5. The van der Waals surface area contributed by atoms with E-state index >= 15 is 0 Å². The molecule has 0 saturated heterocycles. The number of aryl methyl sites for hydroxylation is 1. The second-order valence-electron chi connectivity index (χ2n) is 6.87. The summed E-state index contributed by atoms with van der Waals surface area (Å²) in [4.78, 5) is 17.2. The molecule has 5 heteroatoms. The number of hydrogen-bond donors (Lipinski definition) is 0. The lowest BCUT2D eigenvalue weighted by atomic mass is 10.1. The van der Waals surface area contributed by atoms with Gasteiger partial charge in [-0.2, -0.15) is 0 Å². The van der Waals surface area contributed by atoms with Crippen molar-refractivity contribution in [2.24, 2.45) is 7.05 Å². The molecule has 0 spiro atoms. The fraction of sp³-hybridized carbons (Fsp3) is 0.217. The van der Waals surface area contributed by atoms with Gasteiger partial charge < -0.3 is 4.57 Å². The number of unbranched alkanes of at least 4 members (excludes halogenated alkanes) is 1. The molecule has 2 aromatic heterocycles. The highest BCUT2D eigenvalue weighted by atomic mass is 35.5. The lowest BCUT2D eigenvalue weighted by molar-refractivity contribution is 0.104. The molecule has 0 radical (unpaired) electrons. The number of thiophene rings is 1. The quantitative estimate of drug-likeness (QED) is 0.263. The molecule has 0 saturated carbocycles. The number of aromatic nitrogens is 2. The number of benzene rings is 2. The van der Waals surface area contributed by atoms with Crippen molar-refractivity contribution in [1.29, 1.82) is 0 Å². The summed E-state index contributed by atoms with van der Waals surface area (Å²) in [6.45, 7) is 2.15. The van der Waals surface area contributed by atoms with Crippen LogP contribution in [0.4, 0.5) is 0 Å². The molecule has 4 aromatic rings. The Kier molecular flexibility index (Phi) is 5.33. The largest absolute Gasteiger partial charge is 0.330 e. The van der Waals surface area contributed by atoms with Crippen LogP contribution in [0.15, 0.2) is 48.5 Å². The van der Waals surface area contributed by atoms with Crippen LogP contribution in [0.5, 0.6) is 0 Å². The molecule has 0 amide bonds. The minimum absolute atomic E-state index is 0.0374. The van der Waals surface area contributed by atoms with Crippen LogP contribution in [0.25, 0.3) is 26.2 Å². The predicted octanol–water partition coefficient (Wildman–Crippen LogP) is 6.68. The molecule has 3 nitrogen and oxygen atoms in total. The van der Waals surface area contributed by atoms with E-state index in [1.54, 1.807) is 23.5 Å². The Balaban J connectivity index is 1.63. The molecule has 0 aliphatic carbocycles. The lowest BCUT2D eigenvalue weighted by Gasteiger charge is -2.02. The van der Waals surface area contributed by atoms with Crippen LogP contribution < -0.4 is 0 Å². The molecule has 2 aromatic carbocycles. The molecule has 4 rings (SSSR count). The fourth-order valence-corrected chi connectivity index (χ4v) is 4.77. The lowest BCUT2D eigenvalue weighted by Crippen LogP contribution is -2.00. The number of allylic oxidation sites excluding steroid dienone is 1. The number of carbonyl (C=O) groups is 1. The highest BCUT2D eigenvalue weighted by Crippen LogP contribution is 2.34. The van der Waals surface area contributed by atoms with Crippen LogP contribution in [0.2, 0.25) is 5.15 Å². The second-order valence-corrected chi connectivity index (χ2v) is 8.32. The van der Waals surface area contributed by atoms with Gasteiger partial charge in [0.1, 0.15) is 5.82 Å². The van der Waals surface area contributed by atoms with Crippen molar-refractivity contribution < 1.29 is 4.79 Å². The molecule has 0 atom stereocenters. The molecule has 0 unspecified atom stereocenters. The summed E-state index contributed by atoms with van der Waals surface area (Å²) < 4.78 is 4.40. The Morgan fingerprint density at radius 3 is 2.79 bits per heavy atom. The Morgan fingerprint density at radius 2 is 1.96 bits per heavy atom. The second kappa shape index (κ2) is 7.90. The van der Waals surface area contributed by atoms with Crippen molar-refractivity contribution in [2.45, 2.75) is 26.2 Å². The van der Waals surface area contributed by atoms with Gasteiger partial charge in [0.25, 0.3) is 0 Å². The molecule has 0 aliphatic rings. The van der Waals surface area contributed by atoms with E-state index in [0.29, 0.717) is 10.7 Å². The maximum Gasteiger partial charge on any atom is 0.185 e. The van der Waals surface area contributed by atoms with E-state index in [9.17, 15) is 4.79 Å². The van der Waals surface area contributed by atoms with Gasteiger partial charge in [-0.3, -0.25) is 4.79 Å². The standard InChI is InChI=1S/C23H21ClN2OS/c1-3-4-9-22-25-23(24)18(26(22)2)11-12-19(27)15-10-13-21-17(14-15)16-7-5-6-8-20(16)28-21/h5-8,10-14H,3-4,9H2,1-2H3. The number of ketones is 1. The van der Waals surface area contributed by atoms with Gasteiger partial charge in [-0.25, -0.2) is 4.98 Å². The van der Waals surface area contributed by atoms with E-state index in [-0.39, 0.29) is 5.78 Å². The summed E-state index contributed by atoms with van der Waals surface area (Å²) in [6.07, 6.45) is 6.41. The maximum atomic E-state index is 12.8. The van der Waals surface area contributed by atoms with Crippen molar-refractivity contribution in [2.75, 3.05) is 0 Å². The van der Waals surface area contributed by atoms with Crippen LogP contribution >= 0.6 is 22.9 Å². The van der Waals surface area contributed by atoms with Crippen molar-refractivity contribution in [1.82, 2.24) is 9.55 Å². The minimum Gasteiger partial charge on any atom is -0.330 e. The third-order valence-electron chi connectivity index (χ3n) is 4.99. The van der Waals surface area contributed by atoms with Crippen LogP contribution in [-0.2, 0) is 13.5 Å². The summed E-state index contributed by atoms with van der Waals surface area (Å²) in [5.41, 5.74) is 1.44. The van der Waals surface area contributed by atoms with Gasteiger partial charge in [0, 0.05) is 39.2 Å². The maximum absolute atomic E-state index is 12.8. The van der Waals surface area contributed by atoms with Crippen LogP contribution in [-0.4, -0.2) is 15.3 Å². The first-order valence-corrected chi connectivity index (χ1v) is 10.6. The Bertz CT molecular complexity index is 1200. The first-order chi connectivity index (χ1) is 13.6. The minimum atomic E-state index is -0.0374. The van der Waals surface area contributed by atoms with Gasteiger partial charge in [-0.05, 0) is 42.8 Å². The monoisotopic (exact) mass is 408 g/mol. The molecular formula is C23H21ClN2OS. The number of nitrogens with zero attached hydrogens (tertiary/aromatic N) is 2. The first kappa shape index (κ1) is 18.9. The van der Waals surface area contributed by atoms with Crippen molar-refractivity contribution in [3.05, 3.63) is 70.8 Å². The topological polar surface area (TPSA) is 34.9 Å².